The second kappa shape index (κ2) is 6.30. The van der Waals surface area contributed by atoms with E-state index in [-0.39, 0.29) is 5.82 Å². The van der Waals surface area contributed by atoms with Crippen LogP contribution < -0.4 is 5.73 Å². The Balaban J connectivity index is 2.15. The Morgan fingerprint density at radius 1 is 1.24 bits per heavy atom. The number of hydrogen-bond acceptors (Lipinski definition) is 2. The van der Waals surface area contributed by atoms with Crippen molar-refractivity contribution in [3.63, 3.8) is 0 Å². The number of thiophene rings is 1. The maximum absolute atomic E-state index is 14.1. The van der Waals surface area contributed by atoms with Crippen LogP contribution in [-0.2, 0) is 6.42 Å². The molecule has 0 fully saturated rings. The molecular formula is C16H16BrFN2S. The first-order chi connectivity index (χ1) is 10.2. The molecule has 0 amide bonds. The number of aromatic amines is 1. The van der Waals surface area contributed by atoms with Crippen molar-refractivity contribution in [1.29, 1.82) is 0 Å². The van der Waals surface area contributed by atoms with Gasteiger partial charge in [-0.25, -0.2) is 4.39 Å². The molecule has 2 nitrogen and oxygen atoms in total. The number of para-hydroxylation sites is 1. The predicted molar refractivity (Wildman–Crippen MR) is 91.3 cm³/mol. The quantitative estimate of drug-likeness (QED) is 0.607. The van der Waals surface area contributed by atoms with Gasteiger partial charge >= 0.3 is 0 Å². The number of nitrogens with one attached hydrogen (secondary N) is 1. The minimum atomic E-state index is -0.202. The molecule has 0 spiro atoms. The van der Waals surface area contributed by atoms with E-state index in [0.717, 1.165) is 39.7 Å². The first-order valence-electron chi connectivity index (χ1n) is 6.95. The lowest BCUT2D eigenvalue weighted by Crippen LogP contribution is -1.99. The molecule has 0 saturated carbocycles. The number of aryl methyl sites for hydroxylation is 1. The van der Waals surface area contributed by atoms with Crippen molar-refractivity contribution in [3.05, 3.63) is 45.5 Å². The number of nitrogens with two attached hydrogens (primary N) is 1. The Labute approximate surface area is 135 Å². The van der Waals surface area contributed by atoms with E-state index < -0.39 is 0 Å². The van der Waals surface area contributed by atoms with Crippen molar-refractivity contribution in [3.8, 4) is 10.6 Å². The van der Waals surface area contributed by atoms with E-state index in [4.69, 9.17) is 5.73 Å². The fraction of sp³-hybridized carbons (Fsp3) is 0.250. The zero-order valence-corrected chi connectivity index (χ0v) is 13.9. The highest BCUT2D eigenvalue weighted by Gasteiger charge is 2.17. The van der Waals surface area contributed by atoms with Crippen LogP contribution in [0.5, 0.6) is 0 Å². The van der Waals surface area contributed by atoms with Crippen LogP contribution in [0.2, 0.25) is 0 Å². The fourth-order valence-corrected chi connectivity index (χ4v) is 4.21. The molecule has 3 aromatic rings. The maximum atomic E-state index is 14.1. The highest BCUT2D eigenvalue weighted by molar-refractivity contribution is 9.10. The van der Waals surface area contributed by atoms with Crippen LogP contribution in [0, 0.1) is 5.82 Å². The summed E-state index contributed by atoms with van der Waals surface area (Å²) in [4.78, 5) is 4.40. The van der Waals surface area contributed by atoms with Gasteiger partial charge in [0, 0.05) is 9.86 Å². The van der Waals surface area contributed by atoms with Crippen LogP contribution in [0.3, 0.4) is 0 Å². The second-order valence-electron chi connectivity index (χ2n) is 4.98. The Bertz CT molecular complexity index is 763. The molecule has 2 heterocycles. The molecule has 2 aromatic heterocycles. The Morgan fingerprint density at radius 3 is 2.81 bits per heavy atom. The predicted octanol–water partition coefficient (Wildman–Crippen LogP) is 5.08. The zero-order valence-electron chi connectivity index (χ0n) is 11.5. The molecule has 0 saturated heterocycles. The first-order valence-corrected chi connectivity index (χ1v) is 8.62. The van der Waals surface area contributed by atoms with E-state index in [1.165, 1.54) is 11.6 Å². The summed E-state index contributed by atoms with van der Waals surface area (Å²) in [5, 5.41) is 3.01. The standard InChI is InChI=1S/C16H16BrFN2S/c17-12-7-9-21-16(12)15-11(4-1-2-8-19)10-5-3-6-13(18)14(10)20-15/h3,5-7,9,20H,1-2,4,8,19H2. The van der Waals surface area contributed by atoms with Gasteiger partial charge in [-0.2, -0.15) is 0 Å². The van der Waals surface area contributed by atoms with E-state index in [1.807, 2.05) is 17.5 Å². The third-order valence-electron chi connectivity index (χ3n) is 3.62. The van der Waals surface area contributed by atoms with Gasteiger partial charge in [0.2, 0.25) is 0 Å². The molecule has 3 N–H and O–H groups in total. The molecule has 0 bridgehead atoms. The summed E-state index contributed by atoms with van der Waals surface area (Å²) in [5.74, 6) is -0.202. The summed E-state index contributed by atoms with van der Waals surface area (Å²) < 4.78 is 15.1. The topological polar surface area (TPSA) is 41.8 Å². The second-order valence-corrected chi connectivity index (χ2v) is 6.75. The van der Waals surface area contributed by atoms with Gasteiger partial charge in [0.25, 0.3) is 0 Å². The van der Waals surface area contributed by atoms with E-state index in [0.29, 0.717) is 12.1 Å². The van der Waals surface area contributed by atoms with Crippen LogP contribution in [0.4, 0.5) is 4.39 Å². The molecular weight excluding hydrogens is 351 g/mol. The highest BCUT2D eigenvalue weighted by Crippen LogP contribution is 2.39. The monoisotopic (exact) mass is 366 g/mol. The number of fused-ring (bicyclic) bond motifs is 1. The molecule has 0 aliphatic heterocycles. The van der Waals surface area contributed by atoms with Crippen molar-refractivity contribution in [1.82, 2.24) is 4.98 Å². The molecule has 0 unspecified atom stereocenters. The van der Waals surface area contributed by atoms with Crippen LogP contribution in [-0.4, -0.2) is 11.5 Å². The largest absolute Gasteiger partial charge is 0.351 e. The minimum absolute atomic E-state index is 0.202. The lowest BCUT2D eigenvalue weighted by Gasteiger charge is -2.04. The number of aromatic nitrogens is 1. The molecule has 0 atom stereocenters. The summed E-state index contributed by atoms with van der Waals surface area (Å²) in [6, 6.07) is 7.27. The van der Waals surface area contributed by atoms with Crippen molar-refractivity contribution in [2.75, 3.05) is 6.54 Å². The maximum Gasteiger partial charge on any atom is 0.147 e. The van der Waals surface area contributed by atoms with Gasteiger partial charge < -0.3 is 10.7 Å². The number of hydrogen-bond donors (Lipinski definition) is 2. The zero-order chi connectivity index (χ0) is 14.8. The van der Waals surface area contributed by atoms with Crippen molar-refractivity contribution in [2.24, 2.45) is 5.73 Å². The number of halogens is 2. The van der Waals surface area contributed by atoms with Gasteiger partial charge in [0.1, 0.15) is 5.82 Å². The normalized spacial score (nSPS) is 11.4. The highest BCUT2D eigenvalue weighted by atomic mass is 79.9. The molecule has 3 rings (SSSR count). The Morgan fingerprint density at radius 2 is 2.10 bits per heavy atom. The summed E-state index contributed by atoms with van der Waals surface area (Å²) in [6.07, 6.45) is 2.89. The van der Waals surface area contributed by atoms with E-state index in [1.54, 1.807) is 17.4 Å². The van der Waals surface area contributed by atoms with Gasteiger partial charge in [-0.1, -0.05) is 12.1 Å². The third-order valence-corrected chi connectivity index (χ3v) is 5.47. The smallest absolute Gasteiger partial charge is 0.147 e. The van der Waals surface area contributed by atoms with E-state index >= 15 is 0 Å². The summed E-state index contributed by atoms with van der Waals surface area (Å²) in [5.41, 5.74) is 8.39. The Hall–Kier alpha value is -1.17. The Kier molecular flexibility index (Phi) is 4.42. The van der Waals surface area contributed by atoms with Gasteiger partial charge in [-0.05, 0) is 64.8 Å². The number of unbranched alkanes of at least 4 members (excludes halogenated alkanes) is 1. The van der Waals surface area contributed by atoms with E-state index in [2.05, 4.69) is 20.9 Å². The molecule has 0 aliphatic rings. The van der Waals surface area contributed by atoms with Crippen molar-refractivity contribution in [2.45, 2.75) is 19.3 Å². The fourth-order valence-electron chi connectivity index (χ4n) is 2.61. The van der Waals surface area contributed by atoms with Gasteiger partial charge in [0.05, 0.1) is 16.1 Å². The average molecular weight is 367 g/mol. The van der Waals surface area contributed by atoms with Crippen LogP contribution in [0.25, 0.3) is 21.5 Å². The number of rotatable bonds is 5. The average Bonchev–Trinajstić information content (AvgIpc) is 3.04. The third kappa shape index (κ3) is 2.78. The summed E-state index contributed by atoms with van der Waals surface area (Å²) in [7, 11) is 0. The number of benzene rings is 1. The molecule has 1 aromatic carbocycles. The molecule has 21 heavy (non-hydrogen) atoms. The summed E-state index contributed by atoms with van der Waals surface area (Å²) >= 11 is 5.22. The van der Waals surface area contributed by atoms with Gasteiger partial charge in [-0.15, -0.1) is 11.3 Å². The number of H-pyrrole nitrogens is 1. The van der Waals surface area contributed by atoms with Gasteiger partial charge in [-0.3, -0.25) is 0 Å². The first kappa shape index (κ1) is 14.8. The lowest BCUT2D eigenvalue weighted by molar-refractivity contribution is 0.637. The van der Waals surface area contributed by atoms with Crippen molar-refractivity contribution >= 4 is 38.2 Å². The molecule has 0 radical (unpaired) electrons. The molecule has 110 valence electrons. The summed E-state index contributed by atoms with van der Waals surface area (Å²) in [6.45, 7) is 0.689. The SMILES string of the molecule is NCCCCc1c(-c2sccc2Br)[nH]c2c(F)cccc12. The minimum Gasteiger partial charge on any atom is -0.351 e. The molecule has 5 heteroatoms. The molecule has 0 aliphatic carbocycles. The van der Waals surface area contributed by atoms with Crippen molar-refractivity contribution < 1.29 is 4.39 Å². The van der Waals surface area contributed by atoms with Crippen LogP contribution in [0.15, 0.2) is 34.1 Å². The van der Waals surface area contributed by atoms with Crippen LogP contribution >= 0.6 is 27.3 Å². The van der Waals surface area contributed by atoms with E-state index in [9.17, 15) is 4.39 Å². The lowest BCUT2D eigenvalue weighted by atomic mass is 10.0. The van der Waals surface area contributed by atoms with Gasteiger partial charge in [0.15, 0.2) is 0 Å². The van der Waals surface area contributed by atoms with Crippen LogP contribution in [0.1, 0.15) is 18.4 Å².